The number of hydrogen-bond acceptors (Lipinski definition) is 1. The lowest BCUT2D eigenvalue weighted by Gasteiger charge is -2.14. The molecule has 0 aliphatic carbocycles. The van der Waals surface area contributed by atoms with Gasteiger partial charge in [-0.15, -0.1) is 0 Å². The number of hydrogen-bond donors (Lipinski definition) is 1. The molecular weight excluding hydrogens is 174 g/mol. The van der Waals surface area contributed by atoms with Gasteiger partial charge in [-0.05, 0) is 17.9 Å². The Hall–Kier alpha value is -1.31. The minimum absolute atomic E-state index is 0.215. The summed E-state index contributed by atoms with van der Waals surface area (Å²) in [6.45, 7) is 2.12. The lowest BCUT2D eigenvalue weighted by atomic mass is 9.91. The molecule has 0 radical (unpaired) electrons. The molecule has 1 aromatic rings. The van der Waals surface area contributed by atoms with E-state index in [0.29, 0.717) is 12.3 Å². The predicted octanol–water partition coefficient (Wildman–Crippen LogP) is 2.45. The summed E-state index contributed by atoms with van der Waals surface area (Å²) in [4.78, 5) is 10.9. The van der Waals surface area contributed by atoms with E-state index in [9.17, 15) is 4.79 Å². The van der Waals surface area contributed by atoms with Crippen molar-refractivity contribution in [3.63, 3.8) is 0 Å². The van der Waals surface area contributed by atoms with Crippen LogP contribution >= 0.6 is 0 Å². The average molecular weight is 191 g/mol. The van der Waals surface area contributed by atoms with Gasteiger partial charge in [0.1, 0.15) is 0 Å². The Kier molecular flexibility index (Phi) is 4.17. The Morgan fingerprint density at radius 1 is 1.36 bits per heavy atom. The predicted molar refractivity (Wildman–Crippen MR) is 57.9 cm³/mol. The highest BCUT2D eigenvalue weighted by atomic mass is 16.1. The Morgan fingerprint density at radius 3 is 2.50 bits per heavy atom. The largest absolute Gasteiger partial charge is 0.370 e. The van der Waals surface area contributed by atoms with Gasteiger partial charge in [0.25, 0.3) is 0 Å². The van der Waals surface area contributed by atoms with Crippen LogP contribution in [-0.2, 0) is 4.79 Å². The standard InChI is InChI=1S/C12H17NO/c1-2-6-11(9-12(13)14)10-7-4-3-5-8-10/h3-5,7-8,11H,2,6,9H2,1H3,(H2,13,14). The molecule has 1 rings (SSSR count). The van der Waals surface area contributed by atoms with Crippen LogP contribution < -0.4 is 5.73 Å². The van der Waals surface area contributed by atoms with Gasteiger partial charge in [-0.1, -0.05) is 43.7 Å². The van der Waals surface area contributed by atoms with E-state index in [1.807, 2.05) is 18.2 Å². The van der Waals surface area contributed by atoms with Crippen LogP contribution in [0.15, 0.2) is 30.3 Å². The minimum atomic E-state index is -0.215. The molecule has 76 valence electrons. The number of nitrogens with two attached hydrogens (primary N) is 1. The number of benzene rings is 1. The van der Waals surface area contributed by atoms with Crippen molar-refractivity contribution in [2.45, 2.75) is 32.1 Å². The highest BCUT2D eigenvalue weighted by molar-refractivity contribution is 5.74. The molecule has 1 atom stereocenters. The molecule has 1 aromatic carbocycles. The van der Waals surface area contributed by atoms with Crippen molar-refractivity contribution in [1.82, 2.24) is 0 Å². The molecule has 14 heavy (non-hydrogen) atoms. The second-order valence-electron chi connectivity index (χ2n) is 3.57. The molecule has 0 aliphatic rings. The molecule has 0 fully saturated rings. The molecule has 0 bridgehead atoms. The van der Waals surface area contributed by atoms with Crippen LogP contribution in [0.25, 0.3) is 0 Å². The van der Waals surface area contributed by atoms with Crippen LogP contribution in [-0.4, -0.2) is 5.91 Å². The zero-order valence-electron chi connectivity index (χ0n) is 8.57. The Balaban J connectivity index is 2.72. The van der Waals surface area contributed by atoms with Crippen molar-refractivity contribution < 1.29 is 4.79 Å². The summed E-state index contributed by atoms with van der Waals surface area (Å²) in [6, 6.07) is 10.1. The van der Waals surface area contributed by atoms with E-state index in [4.69, 9.17) is 5.73 Å². The SMILES string of the molecule is CCCC(CC(N)=O)c1ccccc1. The number of carbonyl (C=O) groups is 1. The minimum Gasteiger partial charge on any atom is -0.370 e. The lowest BCUT2D eigenvalue weighted by molar-refractivity contribution is -0.118. The Labute approximate surface area is 85.1 Å². The van der Waals surface area contributed by atoms with Crippen LogP contribution in [0.2, 0.25) is 0 Å². The van der Waals surface area contributed by atoms with E-state index in [1.165, 1.54) is 5.56 Å². The summed E-state index contributed by atoms with van der Waals surface area (Å²) in [5.41, 5.74) is 6.44. The van der Waals surface area contributed by atoms with Crippen molar-refractivity contribution in [2.24, 2.45) is 5.73 Å². The van der Waals surface area contributed by atoms with Gasteiger partial charge in [-0.25, -0.2) is 0 Å². The second kappa shape index (κ2) is 5.43. The number of primary amides is 1. The molecule has 0 heterocycles. The molecule has 0 saturated heterocycles. The van der Waals surface area contributed by atoms with E-state index < -0.39 is 0 Å². The normalized spacial score (nSPS) is 12.4. The number of amides is 1. The quantitative estimate of drug-likeness (QED) is 0.763. The first-order valence-corrected chi connectivity index (χ1v) is 5.07. The van der Waals surface area contributed by atoms with Gasteiger partial charge in [0, 0.05) is 6.42 Å². The molecule has 2 heteroatoms. The van der Waals surface area contributed by atoms with Crippen LogP contribution in [0.4, 0.5) is 0 Å². The van der Waals surface area contributed by atoms with Crippen LogP contribution in [0, 0.1) is 0 Å². The fourth-order valence-electron chi connectivity index (χ4n) is 1.70. The third-order valence-electron chi connectivity index (χ3n) is 2.36. The van der Waals surface area contributed by atoms with E-state index in [-0.39, 0.29) is 5.91 Å². The molecule has 0 aromatic heterocycles. The second-order valence-corrected chi connectivity index (χ2v) is 3.57. The monoisotopic (exact) mass is 191 g/mol. The maximum atomic E-state index is 10.9. The van der Waals surface area contributed by atoms with Crippen molar-refractivity contribution in [1.29, 1.82) is 0 Å². The maximum Gasteiger partial charge on any atom is 0.218 e. The summed E-state index contributed by atoms with van der Waals surface area (Å²) < 4.78 is 0. The molecule has 1 unspecified atom stereocenters. The highest BCUT2D eigenvalue weighted by Gasteiger charge is 2.12. The summed E-state index contributed by atoms with van der Waals surface area (Å²) in [5.74, 6) is 0.0750. The zero-order chi connectivity index (χ0) is 10.4. The van der Waals surface area contributed by atoms with E-state index in [0.717, 1.165) is 12.8 Å². The van der Waals surface area contributed by atoms with Gasteiger partial charge < -0.3 is 5.73 Å². The third kappa shape index (κ3) is 3.21. The van der Waals surface area contributed by atoms with Crippen molar-refractivity contribution in [3.8, 4) is 0 Å². The van der Waals surface area contributed by atoms with Crippen LogP contribution in [0.3, 0.4) is 0 Å². The van der Waals surface area contributed by atoms with Gasteiger partial charge >= 0.3 is 0 Å². The van der Waals surface area contributed by atoms with Crippen LogP contribution in [0.5, 0.6) is 0 Å². The summed E-state index contributed by atoms with van der Waals surface area (Å²) >= 11 is 0. The lowest BCUT2D eigenvalue weighted by Crippen LogP contribution is -2.15. The fourth-order valence-corrected chi connectivity index (χ4v) is 1.70. The van der Waals surface area contributed by atoms with Gasteiger partial charge in [0.05, 0.1) is 0 Å². The van der Waals surface area contributed by atoms with Gasteiger partial charge in [0.15, 0.2) is 0 Å². The number of rotatable bonds is 5. The summed E-state index contributed by atoms with van der Waals surface area (Å²) in [7, 11) is 0. The first-order chi connectivity index (χ1) is 6.74. The molecule has 0 spiro atoms. The fraction of sp³-hybridized carbons (Fsp3) is 0.417. The molecule has 2 N–H and O–H groups in total. The first-order valence-electron chi connectivity index (χ1n) is 5.07. The summed E-state index contributed by atoms with van der Waals surface area (Å²) in [6.07, 6.45) is 2.55. The molecule has 1 amide bonds. The average Bonchev–Trinajstić information content (AvgIpc) is 2.18. The topological polar surface area (TPSA) is 43.1 Å². The van der Waals surface area contributed by atoms with Crippen LogP contribution in [0.1, 0.15) is 37.7 Å². The Morgan fingerprint density at radius 2 is 2.00 bits per heavy atom. The van der Waals surface area contributed by atoms with E-state index in [2.05, 4.69) is 19.1 Å². The first kappa shape index (κ1) is 10.8. The van der Waals surface area contributed by atoms with Gasteiger partial charge in [-0.3, -0.25) is 4.79 Å². The van der Waals surface area contributed by atoms with E-state index in [1.54, 1.807) is 0 Å². The Bertz CT molecular complexity index is 282. The zero-order valence-corrected chi connectivity index (χ0v) is 8.57. The number of carbonyl (C=O) groups excluding carboxylic acids is 1. The maximum absolute atomic E-state index is 10.9. The molecule has 0 aliphatic heterocycles. The molecule has 0 saturated carbocycles. The van der Waals surface area contributed by atoms with Crippen molar-refractivity contribution in [2.75, 3.05) is 0 Å². The third-order valence-corrected chi connectivity index (χ3v) is 2.36. The van der Waals surface area contributed by atoms with Crippen molar-refractivity contribution in [3.05, 3.63) is 35.9 Å². The molecule has 2 nitrogen and oxygen atoms in total. The molecular formula is C12H17NO. The van der Waals surface area contributed by atoms with E-state index >= 15 is 0 Å². The van der Waals surface area contributed by atoms with Gasteiger partial charge in [0.2, 0.25) is 5.91 Å². The smallest absolute Gasteiger partial charge is 0.218 e. The van der Waals surface area contributed by atoms with Gasteiger partial charge in [-0.2, -0.15) is 0 Å². The highest BCUT2D eigenvalue weighted by Crippen LogP contribution is 2.24. The summed E-state index contributed by atoms with van der Waals surface area (Å²) in [5, 5.41) is 0. The van der Waals surface area contributed by atoms with Crippen molar-refractivity contribution >= 4 is 5.91 Å².